The first-order valence-corrected chi connectivity index (χ1v) is 11.2. The topological polar surface area (TPSA) is 98.2 Å². The number of anilines is 1. The predicted octanol–water partition coefficient (Wildman–Crippen LogP) is 4.84. The van der Waals surface area contributed by atoms with E-state index < -0.39 is 5.91 Å². The number of nitrogens with zero attached hydrogens (tertiary/aromatic N) is 1. The largest absolute Gasteiger partial charge is 0.497 e. The molecule has 2 amide bonds. The van der Waals surface area contributed by atoms with Crippen LogP contribution in [0.1, 0.15) is 28.4 Å². The Kier molecular flexibility index (Phi) is 9.09. The van der Waals surface area contributed by atoms with E-state index in [9.17, 15) is 9.59 Å². The number of carbonyl (C=O) groups excluding carboxylic acids is 2. The molecule has 0 saturated carbocycles. The van der Waals surface area contributed by atoms with Gasteiger partial charge in [0.1, 0.15) is 5.75 Å². The van der Waals surface area contributed by atoms with Crippen LogP contribution in [0, 0.1) is 6.92 Å². The zero-order valence-electron chi connectivity index (χ0n) is 19.6. The van der Waals surface area contributed by atoms with Crippen molar-refractivity contribution in [2.75, 3.05) is 25.6 Å². The van der Waals surface area contributed by atoms with Crippen molar-refractivity contribution in [3.63, 3.8) is 0 Å². The van der Waals surface area contributed by atoms with Crippen LogP contribution in [0.2, 0.25) is 5.02 Å². The van der Waals surface area contributed by atoms with Crippen LogP contribution in [-0.4, -0.2) is 38.4 Å². The summed E-state index contributed by atoms with van der Waals surface area (Å²) in [7, 11) is 1.53. The van der Waals surface area contributed by atoms with E-state index in [1.54, 1.807) is 42.5 Å². The highest BCUT2D eigenvalue weighted by Crippen LogP contribution is 2.36. The van der Waals surface area contributed by atoms with Crippen LogP contribution in [0.3, 0.4) is 0 Å². The molecule has 3 aromatic carbocycles. The smallest absolute Gasteiger partial charge is 0.271 e. The van der Waals surface area contributed by atoms with Crippen molar-refractivity contribution in [1.82, 2.24) is 5.43 Å². The maximum absolute atomic E-state index is 12.3. The number of amides is 2. The van der Waals surface area contributed by atoms with Gasteiger partial charge in [-0.25, -0.2) is 5.43 Å². The third kappa shape index (κ3) is 7.48. The van der Waals surface area contributed by atoms with Crippen molar-refractivity contribution in [3.8, 4) is 17.2 Å². The van der Waals surface area contributed by atoms with Crippen molar-refractivity contribution < 1.29 is 23.8 Å². The molecule has 2 N–H and O–H groups in total. The summed E-state index contributed by atoms with van der Waals surface area (Å²) in [6, 6.07) is 17.4. The van der Waals surface area contributed by atoms with Crippen LogP contribution in [0.25, 0.3) is 0 Å². The first-order chi connectivity index (χ1) is 16.9. The number of rotatable bonds is 10. The number of halogens is 1. The van der Waals surface area contributed by atoms with E-state index in [-0.39, 0.29) is 23.3 Å². The first kappa shape index (κ1) is 25.6. The van der Waals surface area contributed by atoms with Gasteiger partial charge in [0.15, 0.2) is 18.1 Å². The molecule has 0 fully saturated rings. The Bertz CT molecular complexity index is 1230. The summed E-state index contributed by atoms with van der Waals surface area (Å²) < 4.78 is 16.4. The van der Waals surface area contributed by atoms with Crippen molar-refractivity contribution in [2.45, 2.75) is 13.8 Å². The first-order valence-electron chi connectivity index (χ1n) is 10.8. The Hall–Kier alpha value is -4.04. The summed E-state index contributed by atoms with van der Waals surface area (Å²) in [6.45, 7) is 3.86. The Morgan fingerprint density at radius 1 is 1.06 bits per heavy atom. The summed E-state index contributed by atoms with van der Waals surface area (Å²) in [5.74, 6) is 0.434. The second-order valence-electron chi connectivity index (χ2n) is 7.40. The zero-order valence-corrected chi connectivity index (χ0v) is 20.4. The number of carbonyl (C=O) groups is 2. The molecule has 0 aliphatic heterocycles. The lowest BCUT2D eigenvalue weighted by molar-refractivity contribution is -0.118. The van der Waals surface area contributed by atoms with E-state index in [1.807, 2.05) is 32.0 Å². The van der Waals surface area contributed by atoms with Crippen molar-refractivity contribution in [1.29, 1.82) is 0 Å². The fourth-order valence-corrected chi connectivity index (χ4v) is 3.39. The average molecular weight is 496 g/mol. The SMILES string of the molecule is CCOc1cc(/C=N/NC(=O)c2cccc(OC)c2)cc(Cl)c1OCC(=O)Nc1cccc(C)c1. The van der Waals surface area contributed by atoms with E-state index in [1.165, 1.54) is 13.3 Å². The lowest BCUT2D eigenvalue weighted by atomic mass is 10.2. The van der Waals surface area contributed by atoms with E-state index in [0.717, 1.165) is 5.56 Å². The van der Waals surface area contributed by atoms with E-state index in [0.29, 0.717) is 34.9 Å². The lowest BCUT2D eigenvalue weighted by Gasteiger charge is -2.14. The molecule has 0 saturated heterocycles. The molecule has 8 nitrogen and oxygen atoms in total. The minimum atomic E-state index is -0.393. The van der Waals surface area contributed by atoms with Crippen LogP contribution in [0.4, 0.5) is 5.69 Å². The summed E-state index contributed by atoms with van der Waals surface area (Å²) in [5, 5.41) is 7.00. The number of hydrogen-bond donors (Lipinski definition) is 2. The third-order valence-corrected chi connectivity index (χ3v) is 4.97. The maximum Gasteiger partial charge on any atom is 0.271 e. The Morgan fingerprint density at radius 2 is 1.86 bits per heavy atom. The number of aryl methyl sites for hydroxylation is 1. The second kappa shape index (κ2) is 12.4. The monoisotopic (exact) mass is 495 g/mol. The van der Waals surface area contributed by atoms with Crippen molar-refractivity contribution in [3.05, 3.63) is 82.4 Å². The summed E-state index contributed by atoms with van der Waals surface area (Å²) in [6.07, 6.45) is 1.43. The van der Waals surface area contributed by atoms with Crippen LogP contribution in [-0.2, 0) is 4.79 Å². The van der Waals surface area contributed by atoms with E-state index in [4.69, 9.17) is 25.8 Å². The highest BCUT2D eigenvalue weighted by atomic mass is 35.5. The Morgan fingerprint density at radius 3 is 2.60 bits per heavy atom. The number of methoxy groups -OCH3 is 1. The van der Waals surface area contributed by atoms with Gasteiger partial charge in [0.05, 0.1) is 25.0 Å². The van der Waals surface area contributed by atoms with Gasteiger partial charge in [0, 0.05) is 11.3 Å². The Labute approximate surface area is 208 Å². The molecule has 0 spiro atoms. The van der Waals surface area contributed by atoms with Gasteiger partial charge in [0.25, 0.3) is 11.8 Å². The van der Waals surface area contributed by atoms with Crippen LogP contribution in [0.5, 0.6) is 17.2 Å². The lowest BCUT2D eigenvalue weighted by Crippen LogP contribution is -2.20. The molecule has 9 heteroatoms. The standard InChI is InChI=1S/C26H26ClN3O5/c1-4-34-23-13-18(15-28-30-26(32)19-8-6-10-21(14-19)33-3)12-22(27)25(23)35-16-24(31)29-20-9-5-7-17(2)11-20/h5-15H,4,16H2,1-3H3,(H,29,31)(H,30,32)/b28-15+. The number of ether oxygens (including phenoxy) is 3. The van der Waals surface area contributed by atoms with E-state index in [2.05, 4.69) is 15.8 Å². The molecular weight excluding hydrogens is 470 g/mol. The summed E-state index contributed by atoms with van der Waals surface area (Å²) in [5.41, 5.74) is 5.14. The van der Waals surface area contributed by atoms with E-state index >= 15 is 0 Å². The number of nitrogens with one attached hydrogen (secondary N) is 2. The van der Waals surface area contributed by atoms with Gasteiger partial charge in [-0.1, -0.05) is 29.8 Å². The molecule has 0 atom stereocenters. The molecule has 0 aliphatic rings. The normalized spacial score (nSPS) is 10.6. The number of benzene rings is 3. The quantitative estimate of drug-likeness (QED) is 0.310. The van der Waals surface area contributed by atoms with Crippen LogP contribution < -0.4 is 25.0 Å². The van der Waals surface area contributed by atoms with Crippen LogP contribution in [0.15, 0.2) is 65.8 Å². The molecular formula is C26H26ClN3O5. The molecule has 35 heavy (non-hydrogen) atoms. The molecule has 0 aromatic heterocycles. The van der Waals surface area contributed by atoms with Gasteiger partial charge in [-0.3, -0.25) is 9.59 Å². The highest BCUT2D eigenvalue weighted by molar-refractivity contribution is 6.32. The average Bonchev–Trinajstić information content (AvgIpc) is 2.83. The fraction of sp³-hybridized carbons (Fsp3) is 0.192. The van der Waals surface area contributed by atoms with Gasteiger partial charge in [-0.05, 0) is 67.4 Å². The minimum Gasteiger partial charge on any atom is -0.497 e. The molecule has 182 valence electrons. The molecule has 0 radical (unpaired) electrons. The molecule has 0 aliphatic carbocycles. The Balaban J connectivity index is 1.66. The molecule has 0 heterocycles. The minimum absolute atomic E-state index is 0.236. The van der Waals surface area contributed by atoms with Gasteiger partial charge >= 0.3 is 0 Å². The molecule has 3 rings (SSSR count). The molecule has 3 aromatic rings. The third-order valence-electron chi connectivity index (χ3n) is 4.69. The summed E-state index contributed by atoms with van der Waals surface area (Å²) >= 11 is 6.41. The van der Waals surface area contributed by atoms with Crippen molar-refractivity contribution >= 4 is 35.3 Å². The zero-order chi connectivity index (χ0) is 25.2. The van der Waals surface area contributed by atoms with Crippen LogP contribution >= 0.6 is 11.6 Å². The second-order valence-corrected chi connectivity index (χ2v) is 7.81. The highest BCUT2D eigenvalue weighted by Gasteiger charge is 2.14. The number of hydrazone groups is 1. The van der Waals surface area contributed by atoms with Gasteiger partial charge in [-0.2, -0.15) is 5.10 Å². The molecule has 0 unspecified atom stereocenters. The predicted molar refractivity (Wildman–Crippen MR) is 136 cm³/mol. The van der Waals surface area contributed by atoms with Gasteiger partial charge in [-0.15, -0.1) is 0 Å². The summed E-state index contributed by atoms with van der Waals surface area (Å²) in [4.78, 5) is 24.6. The maximum atomic E-state index is 12.3. The van der Waals surface area contributed by atoms with Gasteiger partial charge < -0.3 is 19.5 Å². The molecule has 0 bridgehead atoms. The number of hydrogen-bond acceptors (Lipinski definition) is 6. The fourth-order valence-electron chi connectivity index (χ4n) is 3.12. The van der Waals surface area contributed by atoms with Crippen molar-refractivity contribution in [2.24, 2.45) is 5.10 Å². The van der Waals surface area contributed by atoms with Gasteiger partial charge in [0.2, 0.25) is 0 Å².